The van der Waals surface area contributed by atoms with Crippen LogP contribution in [0.15, 0.2) is 82.6 Å². The first kappa shape index (κ1) is 21.8. The van der Waals surface area contributed by atoms with Gasteiger partial charge in [-0.2, -0.15) is 0 Å². The normalized spacial score (nSPS) is 15.5. The number of anilines is 3. The van der Waals surface area contributed by atoms with Crippen LogP contribution in [-0.4, -0.2) is 50.3 Å². The molecule has 33 heavy (non-hydrogen) atoms. The summed E-state index contributed by atoms with van der Waals surface area (Å²) in [6.45, 7) is 6.11. The van der Waals surface area contributed by atoms with E-state index in [4.69, 9.17) is 4.74 Å². The molecule has 0 aromatic heterocycles. The van der Waals surface area contributed by atoms with Gasteiger partial charge in [0.15, 0.2) is 0 Å². The molecule has 2 amide bonds. The molecule has 6 nitrogen and oxygen atoms in total. The molecule has 5 rings (SSSR count). The predicted molar refractivity (Wildman–Crippen MR) is 134 cm³/mol. The number of para-hydroxylation sites is 2. The molecule has 0 aliphatic carbocycles. The van der Waals surface area contributed by atoms with Gasteiger partial charge in [-0.25, -0.2) is 4.79 Å². The van der Waals surface area contributed by atoms with Crippen LogP contribution in [0.4, 0.5) is 21.9 Å². The summed E-state index contributed by atoms with van der Waals surface area (Å²) in [6.07, 6.45) is 1.00. The van der Waals surface area contributed by atoms with Crippen LogP contribution in [0, 0.1) is 0 Å². The summed E-state index contributed by atoms with van der Waals surface area (Å²) in [5, 5.41) is 6.41. The molecule has 0 spiro atoms. The Morgan fingerprint density at radius 2 is 1.55 bits per heavy atom. The highest BCUT2D eigenvalue weighted by Gasteiger charge is 2.27. The number of amides is 2. The molecule has 1 fully saturated rings. The number of piperazine rings is 1. The van der Waals surface area contributed by atoms with Gasteiger partial charge >= 0.3 is 6.03 Å². The van der Waals surface area contributed by atoms with Crippen molar-refractivity contribution in [2.75, 3.05) is 49.5 Å². The Hall–Kier alpha value is -3.00. The summed E-state index contributed by atoms with van der Waals surface area (Å²) in [5.74, 6) is 0.818. The number of hydrogen-bond donors (Lipinski definition) is 2. The average Bonchev–Trinajstić information content (AvgIpc) is 2.86. The minimum absolute atomic E-state index is 0.181. The van der Waals surface area contributed by atoms with Gasteiger partial charge in [0.25, 0.3) is 0 Å². The average molecular weight is 461 g/mol. The molecule has 7 heteroatoms. The molecule has 1 saturated heterocycles. The second-order valence-corrected chi connectivity index (χ2v) is 9.20. The number of ether oxygens (including phenoxy) is 1. The van der Waals surface area contributed by atoms with Gasteiger partial charge in [-0.15, -0.1) is 0 Å². The predicted octanol–water partition coefficient (Wildman–Crippen LogP) is 5.20. The SMILES string of the molecule is O=C(Nc1ccc(OCCCN2CCNCC2)cc1)N1c2ccccc2Sc2ccccc21. The molecular formula is C26H28N4O2S. The number of benzene rings is 3. The van der Waals surface area contributed by atoms with Crippen molar-refractivity contribution in [2.45, 2.75) is 16.2 Å². The first-order valence-electron chi connectivity index (χ1n) is 11.4. The third kappa shape index (κ3) is 5.16. The molecule has 170 valence electrons. The summed E-state index contributed by atoms with van der Waals surface area (Å²) in [6, 6.07) is 23.4. The number of nitrogens with one attached hydrogen (secondary N) is 2. The summed E-state index contributed by atoms with van der Waals surface area (Å²) < 4.78 is 5.90. The van der Waals surface area contributed by atoms with Crippen LogP contribution in [-0.2, 0) is 0 Å². The molecule has 2 aliphatic heterocycles. The minimum atomic E-state index is -0.181. The maximum atomic E-state index is 13.3. The Morgan fingerprint density at radius 1 is 0.909 bits per heavy atom. The van der Waals surface area contributed by atoms with Gasteiger partial charge < -0.3 is 20.3 Å². The van der Waals surface area contributed by atoms with Crippen LogP contribution in [0.2, 0.25) is 0 Å². The van der Waals surface area contributed by atoms with Crippen LogP contribution in [0.3, 0.4) is 0 Å². The van der Waals surface area contributed by atoms with Crippen LogP contribution >= 0.6 is 11.8 Å². The Morgan fingerprint density at radius 3 is 2.21 bits per heavy atom. The first-order chi connectivity index (χ1) is 16.3. The third-order valence-corrected chi connectivity index (χ3v) is 6.97. The zero-order chi connectivity index (χ0) is 22.5. The number of carbonyl (C=O) groups excluding carboxylic acids is 1. The zero-order valence-electron chi connectivity index (χ0n) is 18.5. The molecule has 0 saturated carbocycles. The van der Waals surface area contributed by atoms with Gasteiger partial charge in [-0.3, -0.25) is 4.90 Å². The molecule has 3 aromatic carbocycles. The van der Waals surface area contributed by atoms with Crippen molar-refractivity contribution >= 4 is 34.9 Å². The van der Waals surface area contributed by atoms with Gasteiger partial charge in [-0.1, -0.05) is 36.0 Å². The van der Waals surface area contributed by atoms with Gasteiger partial charge in [0.1, 0.15) is 5.75 Å². The molecule has 0 unspecified atom stereocenters. The van der Waals surface area contributed by atoms with Gasteiger partial charge in [-0.05, 0) is 55.0 Å². The van der Waals surface area contributed by atoms with Crippen molar-refractivity contribution < 1.29 is 9.53 Å². The van der Waals surface area contributed by atoms with Crippen molar-refractivity contribution in [3.05, 3.63) is 72.8 Å². The van der Waals surface area contributed by atoms with Crippen LogP contribution < -0.4 is 20.3 Å². The molecule has 0 bridgehead atoms. The summed E-state index contributed by atoms with van der Waals surface area (Å²) >= 11 is 1.69. The lowest BCUT2D eigenvalue weighted by molar-refractivity contribution is 0.214. The monoisotopic (exact) mass is 460 g/mol. The molecule has 3 aromatic rings. The maximum Gasteiger partial charge on any atom is 0.331 e. The standard InChI is InChI=1S/C26H28N4O2S/c31-26(30-22-6-1-3-8-24(22)33-25-9-4-2-7-23(25)30)28-20-10-12-21(13-11-20)32-19-5-16-29-17-14-27-15-18-29/h1-4,6-13,27H,5,14-19H2,(H,28,31). The zero-order valence-corrected chi connectivity index (χ0v) is 19.3. The number of nitrogens with zero attached hydrogens (tertiary/aromatic N) is 2. The fourth-order valence-electron chi connectivity index (χ4n) is 4.15. The van der Waals surface area contributed by atoms with E-state index in [1.165, 1.54) is 0 Å². The molecule has 2 N–H and O–H groups in total. The van der Waals surface area contributed by atoms with E-state index in [1.54, 1.807) is 16.7 Å². The van der Waals surface area contributed by atoms with Gasteiger partial charge in [0.2, 0.25) is 0 Å². The lowest BCUT2D eigenvalue weighted by Gasteiger charge is -2.31. The molecule has 0 atom stereocenters. The topological polar surface area (TPSA) is 56.8 Å². The Labute approximate surface area is 198 Å². The highest BCUT2D eigenvalue weighted by Crippen LogP contribution is 2.48. The van der Waals surface area contributed by atoms with E-state index >= 15 is 0 Å². The quantitative estimate of drug-likeness (QED) is 0.496. The van der Waals surface area contributed by atoms with Crippen LogP contribution in [0.5, 0.6) is 5.75 Å². The van der Waals surface area contributed by atoms with Gasteiger partial charge in [0, 0.05) is 48.2 Å². The number of urea groups is 1. The lowest BCUT2D eigenvalue weighted by Crippen LogP contribution is -2.43. The van der Waals surface area contributed by atoms with Crippen molar-refractivity contribution in [3.63, 3.8) is 0 Å². The first-order valence-corrected chi connectivity index (χ1v) is 12.2. The Balaban J connectivity index is 1.20. The van der Waals surface area contributed by atoms with Crippen LogP contribution in [0.25, 0.3) is 0 Å². The van der Waals surface area contributed by atoms with E-state index in [1.807, 2.05) is 72.8 Å². The molecule has 2 aliphatic rings. The highest BCUT2D eigenvalue weighted by molar-refractivity contribution is 7.99. The fraction of sp³-hybridized carbons (Fsp3) is 0.269. The van der Waals surface area contributed by atoms with E-state index in [0.717, 1.165) is 71.7 Å². The smallest absolute Gasteiger partial charge is 0.331 e. The van der Waals surface area contributed by atoms with E-state index in [2.05, 4.69) is 15.5 Å². The summed E-state index contributed by atoms with van der Waals surface area (Å²) in [5.41, 5.74) is 2.52. The fourth-order valence-corrected chi connectivity index (χ4v) is 5.21. The van der Waals surface area contributed by atoms with E-state index in [9.17, 15) is 4.79 Å². The molecule has 2 heterocycles. The van der Waals surface area contributed by atoms with E-state index in [0.29, 0.717) is 6.61 Å². The number of rotatable bonds is 6. The van der Waals surface area contributed by atoms with Crippen molar-refractivity contribution in [1.82, 2.24) is 10.2 Å². The Bertz CT molecular complexity index is 1050. The number of hydrogen-bond acceptors (Lipinski definition) is 5. The lowest BCUT2D eigenvalue weighted by atomic mass is 10.2. The van der Waals surface area contributed by atoms with Crippen molar-refractivity contribution in [1.29, 1.82) is 0 Å². The molecular weight excluding hydrogens is 432 g/mol. The van der Waals surface area contributed by atoms with Gasteiger partial charge in [0.05, 0.1) is 18.0 Å². The molecule has 0 radical (unpaired) electrons. The minimum Gasteiger partial charge on any atom is -0.494 e. The largest absolute Gasteiger partial charge is 0.494 e. The number of fused-ring (bicyclic) bond motifs is 2. The highest BCUT2D eigenvalue weighted by atomic mass is 32.2. The van der Waals surface area contributed by atoms with E-state index in [-0.39, 0.29) is 6.03 Å². The summed E-state index contributed by atoms with van der Waals surface area (Å²) in [7, 11) is 0. The second kappa shape index (κ2) is 10.3. The van der Waals surface area contributed by atoms with Crippen molar-refractivity contribution in [2.24, 2.45) is 0 Å². The third-order valence-electron chi connectivity index (χ3n) is 5.84. The second-order valence-electron chi connectivity index (χ2n) is 8.12. The number of carbonyl (C=O) groups is 1. The summed E-state index contributed by atoms with van der Waals surface area (Å²) in [4.78, 5) is 19.7. The van der Waals surface area contributed by atoms with Crippen molar-refractivity contribution in [3.8, 4) is 5.75 Å². The van der Waals surface area contributed by atoms with E-state index < -0.39 is 0 Å². The maximum absolute atomic E-state index is 13.3. The Kier molecular flexibility index (Phi) is 6.81. The van der Waals surface area contributed by atoms with Crippen LogP contribution in [0.1, 0.15) is 6.42 Å².